The van der Waals surface area contributed by atoms with Gasteiger partial charge in [-0.25, -0.2) is 0 Å². The number of hydrogen-bond donors (Lipinski definition) is 2. The fourth-order valence-electron chi connectivity index (χ4n) is 3.72. The number of carbonyl (C=O) groups is 1. The van der Waals surface area contributed by atoms with Gasteiger partial charge in [-0.1, -0.05) is 12.8 Å². The molecule has 0 aromatic heterocycles. The van der Waals surface area contributed by atoms with Crippen molar-refractivity contribution in [1.82, 2.24) is 4.90 Å². The number of likely N-dealkylation sites (tertiary alicyclic amines) is 1. The van der Waals surface area contributed by atoms with Gasteiger partial charge in [0, 0.05) is 34.7 Å². The van der Waals surface area contributed by atoms with Gasteiger partial charge in [0.2, 0.25) is 0 Å². The van der Waals surface area contributed by atoms with Gasteiger partial charge in [0.05, 0.1) is 13.2 Å². The van der Waals surface area contributed by atoms with Gasteiger partial charge in [-0.3, -0.25) is 4.79 Å². The van der Waals surface area contributed by atoms with Crippen LogP contribution in [-0.4, -0.2) is 53.1 Å². The van der Waals surface area contributed by atoms with E-state index in [1.807, 2.05) is 29.2 Å². The highest BCUT2D eigenvalue weighted by molar-refractivity contribution is 7.99. The molecule has 1 saturated heterocycles. The third kappa shape index (κ3) is 4.32. The molecule has 3 rings (SSSR count). The Morgan fingerprint density at radius 2 is 2.00 bits per heavy atom. The van der Waals surface area contributed by atoms with Crippen LogP contribution < -0.4 is 0 Å². The lowest BCUT2D eigenvalue weighted by atomic mass is 9.76. The zero-order valence-corrected chi connectivity index (χ0v) is 14.9. The van der Waals surface area contributed by atoms with Crippen molar-refractivity contribution in [1.29, 1.82) is 0 Å². The number of carbonyl (C=O) groups excluding carboxylic acids is 1. The number of aliphatic hydroxyl groups is 2. The van der Waals surface area contributed by atoms with Gasteiger partial charge in [0.1, 0.15) is 0 Å². The lowest BCUT2D eigenvalue weighted by Crippen LogP contribution is -2.48. The molecule has 1 atom stereocenters. The topological polar surface area (TPSA) is 60.8 Å². The summed E-state index contributed by atoms with van der Waals surface area (Å²) < 4.78 is 0. The molecule has 0 spiro atoms. The van der Waals surface area contributed by atoms with E-state index >= 15 is 0 Å². The molecule has 1 aromatic rings. The van der Waals surface area contributed by atoms with E-state index in [0.29, 0.717) is 17.9 Å². The van der Waals surface area contributed by atoms with Crippen molar-refractivity contribution >= 4 is 17.7 Å². The number of nitrogens with zero attached hydrogens (tertiary/aromatic N) is 1. The zero-order valence-electron chi connectivity index (χ0n) is 14.1. The SMILES string of the molecule is O=C(c1ccc(SCCO)cc1)N1CCC[C@](CO)(CC2CC2)C1. The number of thioether (sulfide) groups is 1. The molecule has 132 valence electrons. The van der Waals surface area contributed by atoms with Crippen LogP contribution in [0.2, 0.25) is 0 Å². The molecule has 0 bridgehead atoms. The molecular weight excluding hydrogens is 322 g/mol. The Hall–Kier alpha value is -1.04. The van der Waals surface area contributed by atoms with Crippen LogP contribution >= 0.6 is 11.8 Å². The normalized spacial score (nSPS) is 24.2. The van der Waals surface area contributed by atoms with E-state index in [4.69, 9.17) is 5.11 Å². The van der Waals surface area contributed by atoms with E-state index in [9.17, 15) is 9.90 Å². The number of piperidine rings is 1. The predicted octanol–water partition coefficient (Wildman–Crippen LogP) is 2.79. The predicted molar refractivity (Wildman–Crippen MR) is 96.2 cm³/mol. The molecule has 4 nitrogen and oxygen atoms in total. The quantitative estimate of drug-likeness (QED) is 0.743. The van der Waals surface area contributed by atoms with Crippen molar-refractivity contribution in [2.75, 3.05) is 32.1 Å². The zero-order chi connectivity index (χ0) is 17.0. The van der Waals surface area contributed by atoms with Crippen LogP contribution in [0.25, 0.3) is 0 Å². The fourth-order valence-corrected chi connectivity index (χ4v) is 4.37. The van der Waals surface area contributed by atoms with Crippen molar-refractivity contribution in [3.63, 3.8) is 0 Å². The smallest absolute Gasteiger partial charge is 0.253 e. The van der Waals surface area contributed by atoms with E-state index in [1.165, 1.54) is 12.8 Å². The highest BCUT2D eigenvalue weighted by atomic mass is 32.2. The summed E-state index contributed by atoms with van der Waals surface area (Å²) in [6.45, 7) is 1.81. The summed E-state index contributed by atoms with van der Waals surface area (Å²) in [5, 5.41) is 18.8. The van der Waals surface area contributed by atoms with Crippen LogP contribution in [0.5, 0.6) is 0 Å². The molecule has 1 heterocycles. The fraction of sp³-hybridized carbons (Fsp3) is 0.632. The van der Waals surface area contributed by atoms with Crippen LogP contribution in [0.15, 0.2) is 29.2 Å². The van der Waals surface area contributed by atoms with Gasteiger partial charge in [-0.2, -0.15) is 0 Å². The van der Waals surface area contributed by atoms with Gasteiger partial charge >= 0.3 is 0 Å². The Morgan fingerprint density at radius 3 is 2.62 bits per heavy atom. The van der Waals surface area contributed by atoms with E-state index in [2.05, 4.69) is 0 Å². The maximum atomic E-state index is 12.8. The van der Waals surface area contributed by atoms with Gasteiger partial charge in [0.15, 0.2) is 0 Å². The molecule has 2 N–H and O–H groups in total. The van der Waals surface area contributed by atoms with Crippen molar-refractivity contribution in [3.8, 4) is 0 Å². The first-order valence-electron chi connectivity index (χ1n) is 8.90. The second-order valence-corrected chi connectivity index (χ2v) is 8.40. The number of amides is 1. The lowest BCUT2D eigenvalue weighted by molar-refractivity contribution is 0.0196. The third-order valence-electron chi connectivity index (χ3n) is 5.16. The Labute approximate surface area is 148 Å². The molecule has 2 aliphatic rings. The molecule has 0 unspecified atom stereocenters. The summed E-state index contributed by atoms with van der Waals surface area (Å²) >= 11 is 1.59. The Kier molecular flexibility index (Phi) is 5.85. The lowest BCUT2D eigenvalue weighted by Gasteiger charge is -2.42. The summed E-state index contributed by atoms with van der Waals surface area (Å²) in [4.78, 5) is 15.8. The molecule has 2 fully saturated rings. The van der Waals surface area contributed by atoms with Gasteiger partial charge in [-0.05, 0) is 49.4 Å². The van der Waals surface area contributed by atoms with E-state index in [1.54, 1.807) is 11.8 Å². The van der Waals surface area contributed by atoms with Gasteiger partial charge < -0.3 is 15.1 Å². The molecule has 1 aliphatic carbocycles. The largest absolute Gasteiger partial charge is 0.396 e. The maximum absolute atomic E-state index is 12.8. The third-order valence-corrected chi connectivity index (χ3v) is 6.16. The maximum Gasteiger partial charge on any atom is 0.253 e. The minimum Gasteiger partial charge on any atom is -0.396 e. The van der Waals surface area contributed by atoms with E-state index < -0.39 is 0 Å². The number of aliphatic hydroxyl groups excluding tert-OH is 2. The van der Waals surface area contributed by atoms with E-state index in [-0.39, 0.29) is 24.5 Å². The van der Waals surface area contributed by atoms with Crippen LogP contribution in [0, 0.1) is 11.3 Å². The minimum atomic E-state index is -0.0913. The number of rotatable bonds is 7. The first kappa shape index (κ1) is 17.8. The minimum absolute atomic E-state index is 0.0713. The average Bonchev–Trinajstić information content (AvgIpc) is 3.43. The van der Waals surface area contributed by atoms with Crippen LogP contribution in [0.1, 0.15) is 42.5 Å². The Balaban J connectivity index is 1.65. The summed E-state index contributed by atoms with van der Waals surface area (Å²) in [7, 11) is 0. The molecule has 1 aromatic carbocycles. The second-order valence-electron chi connectivity index (χ2n) is 7.23. The molecule has 5 heteroatoms. The summed E-state index contributed by atoms with van der Waals surface area (Å²) in [6, 6.07) is 7.64. The first-order chi connectivity index (χ1) is 11.7. The first-order valence-corrected chi connectivity index (χ1v) is 9.88. The summed E-state index contributed by atoms with van der Waals surface area (Å²) in [5.74, 6) is 1.50. The summed E-state index contributed by atoms with van der Waals surface area (Å²) in [6.07, 6.45) is 5.62. The Bertz CT molecular complexity index is 558. The van der Waals surface area contributed by atoms with Crippen molar-refractivity contribution < 1.29 is 15.0 Å². The molecule has 1 saturated carbocycles. The summed E-state index contributed by atoms with van der Waals surface area (Å²) in [5.41, 5.74) is 0.620. The monoisotopic (exact) mass is 349 g/mol. The second kappa shape index (κ2) is 7.89. The highest BCUT2D eigenvalue weighted by Crippen LogP contribution is 2.44. The standard InChI is InChI=1S/C19H27NO3S/c21-10-11-24-17-6-4-16(5-7-17)18(23)20-9-1-8-19(13-20,14-22)12-15-2-3-15/h4-7,15,21-22H,1-3,8-14H2/t19-/m0/s1. The molecule has 1 amide bonds. The van der Waals surface area contributed by atoms with Crippen molar-refractivity contribution in [2.24, 2.45) is 11.3 Å². The van der Waals surface area contributed by atoms with Gasteiger partial charge in [0.25, 0.3) is 5.91 Å². The van der Waals surface area contributed by atoms with Crippen molar-refractivity contribution in [2.45, 2.75) is 37.0 Å². The van der Waals surface area contributed by atoms with Gasteiger partial charge in [-0.15, -0.1) is 11.8 Å². The Morgan fingerprint density at radius 1 is 1.25 bits per heavy atom. The average molecular weight is 349 g/mol. The van der Waals surface area contributed by atoms with Crippen LogP contribution in [-0.2, 0) is 0 Å². The van der Waals surface area contributed by atoms with Crippen LogP contribution in [0.4, 0.5) is 0 Å². The van der Waals surface area contributed by atoms with Crippen LogP contribution in [0.3, 0.4) is 0 Å². The number of hydrogen-bond acceptors (Lipinski definition) is 4. The number of benzene rings is 1. The molecule has 0 radical (unpaired) electrons. The molecular formula is C19H27NO3S. The van der Waals surface area contributed by atoms with E-state index in [0.717, 1.165) is 36.6 Å². The molecule has 1 aliphatic heterocycles. The van der Waals surface area contributed by atoms with Crippen molar-refractivity contribution in [3.05, 3.63) is 29.8 Å². The molecule has 24 heavy (non-hydrogen) atoms. The highest BCUT2D eigenvalue weighted by Gasteiger charge is 2.41.